The molecular weight excluding hydrogens is 160 g/mol. The predicted molar refractivity (Wildman–Crippen MR) is 56.5 cm³/mol. The molecule has 0 aliphatic heterocycles. The van der Waals surface area contributed by atoms with Gasteiger partial charge >= 0.3 is 0 Å². The van der Waals surface area contributed by atoms with Crippen LogP contribution in [0.15, 0.2) is 18.2 Å². The Labute approximate surface area is 79.9 Å². The van der Waals surface area contributed by atoms with Crippen molar-refractivity contribution in [1.29, 1.82) is 0 Å². The predicted octanol–water partition coefficient (Wildman–Crippen LogP) is 1.52. The highest BCUT2D eigenvalue weighted by Crippen LogP contribution is 2.17. The first-order valence-electron chi connectivity index (χ1n) is 4.74. The van der Waals surface area contributed by atoms with Crippen LogP contribution < -0.4 is 11.5 Å². The van der Waals surface area contributed by atoms with E-state index in [1.165, 1.54) is 16.7 Å². The molecule has 0 amide bonds. The summed E-state index contributed by atoms with van der Waals surface area (Å²) in [6.07, 6.45) is 1.02. The molecule has 0 spiro atoms. The molecule has 0 saturated carbocycles. The Morgan fingerprint density at radius 1 is 1.38 bits per heavy atom. The van der Waals surface area contributed by atoms with E-state index in [1.807, 2.05) is 0 Å². The second kappa shape index (κ2) is 4.40. The molecule has 1 aromatic carbocycles. The standard InChI is InChI=1S/C11H18N2/c1-3-9-5-4-8(2)6-10(9)11(13)7-12/h4-6,11H,3,7,12-13H2,1-2H3/t11-/m1/s1. The molecule has 0 aliphatic rings. The third-order valence-corrected chi connectivity index (χ3v) is 2.34. The average Bonchev–Trinajstić information content (AvgIpc) is 2.16. The summed E-state index contributed by atoms with van der Waals surface area (Å²) in [5.41, 5.74) is 15.2. The van der Waals surface area contributed by atoms with E-state index in [0.717, 1.165) is 6.42 Å². The van der Waals surface area contributed by atoms with Crippen molar-refractivity contribution in [3.63, 3.8) is 0 Å². The number of rotatable bonds is 3. The molecule has 72 valence electrons. The zero-order chi connectivity index (χ0) is 9.84. The minimum atomic E-state index is -0.0187. The Balaban J connectivity index is 3.07. The highest BCUT2D eigenvalue weighted by molar-refractivity contribution is 5.34. The van der Waals surface area contributed by atoms with Gasteiger partial charge in [0.2, 0.25) is 0 Å². The summed E-state index contributed by atoms with van der Waals surface area (Å²) in [4.78, 5) is 0. The Bertz CT molecular complexity index is 281. The number of hydrogen-bond donors (Lipinski definition) is 2. The molecular formula is C11H18N2. The van der Waals surface area contributed by atoms with Gasteiger partial charge in [0.15, 0.2) is 0 Å². The normalized spacial score (nSPS) is 12.9. The zero-order valence-electron chi connectivity index (χ0n) is 8.38. The van der Waals surface area contributed by atoms with Gasteiger partial charge in [0.1, 0.15) is 0 Å². The van der Waals surface area contributed by atoms with Crippen LogP contribution in [0.1, 0.15) is 29.7 Å². The second-order valence-corrected chi connectivity index (χ2v) is 3.40. The average molecular weight is 178 g/mol. The second-order valence-electron chi connectivity index (χ2n) is 3.40. The summed E-state index contributed by atoms with van der Waals surface area (Å²) in [6.45, 7) is 4.72. The topological polar surface area (TPSA) is 52.0 Å². The highest BCUT2D eigenvalue weighted by Gasteiger charge is 2.07. The molecule has 13 heavy (non-hydrogen) atoms. The fourth-order valence-corrected chi connectivity index (χ4v) is 1.51. The van der Waals surface area contributed by atoms with E-state index in [-0.39, 0.29) is 6.04 Å². The van der Waals surface area contributed by atoms with Gasteiger partial charge in [0, 0.05) is 12.6 Å². The number of hydrogen-bond acceptors (Lipinski definition) is 2. The largest absolute Gasteiger partial charge is 0.329 e. The molecule has 0 fully saturated rings. The van der Waals surface area contributed by atoms with E-state index in [2.05, 4.69) is 32.0 Å². The number of benzene rings is 1. The Morgan fingerprint density at radius 3 is 2.62 bits per heavy atom. The van der Waals surface area contributed by atoms with E-state index >= 15 is 0 Å². The molecule has 4 N–H and O–H groups in total. The summed E-state index contributed by atoms with van der Waals surface area (Å²) >= 11 is 0. The quantitative estimate of drug-likeness (QED) is 0.737. The third kappa shape index (κ3) is 2.29. The van der Waals surface area contributed by atoms with Crippen molar-refractivity contribution in [1.82, 2.24) is 0 Å². The van der Waals surface area contributed by atoms with Crippen molar-refractivity contribution in [3.05, 3.63) is 34.9 Å². The van der Waals surface area contributed by atoms with Gasteiger partial charge in [0.25, 0.3) is 0 Å². The van der Waals surface area contributed by atoms with Gasteiger partial charge in [-0.2, -0.15) is 0 Å². The minimum absolute atomic E-state index is 0.0187. The van der Waals surface area contributed by atoms with Gasteiger partial charge in [-0.3, -0.25) is 0 Å². The van der Waals surface area contributed by atoms with Crippen molar-refractivity contribution in [2.24, 2.45) is 11.5 Å². The summed E-state index contributed by atoms with van der Waals surface area (Å²) in [5, 5.41) is 0. The lowest BCUT2D eigenvalue weighted by atomic mass is 9.97. The molecule has 0 saturated heterocycles. The first-order valence-corrected chi connectivity index (χ1v) is 4.74. The lowest BCUT2D eigenvalue weighted by Gasteiger charge is -2.14. The molecule has 0 unspecified atom stereocenters. The molecule has 1 atom stereocenters. The van der Waals surface area contributed by atoms with Gasteiger partial charge in [-0.15, -0.1) is 0 Å². The first kappa shape index (κ1) is 10.2. The van der Waals surface area contributed by atoms with Crippen LogP contribution >= 0.6 is 0 Å². The maximum absolute atomic E-state index is 5.91. The zero-order valence-corrected chi connectivity index (χ0v) is 8.38. The van der Waals surface area contributed by atoms with Crippen molar-refractivity contribution >= 4 is 0 Å². The summed E-state index contributed by atoms with van der Waals surface area (Å²) in [7, 11) is 0. The Hall–Kier alpha value is -0.860. The van der Waals surface area contributed by atoms with Gasteiger partial charge in [0.05, 0.1) is 0 Å². The smallest absolute Gasteiger partial charge is 0.0422 e. The maximum Gasteiger partial charge on any atom is 0.0422 e. The fourth-order valence-electron chi connectivity index (χ4n) is 1.51. The Morgan fingerprint density at radius 2 is 2.08 bits per heavy atom. The molecule has 2 heteroatoms. The molecule has 0 heterocycles. The molecule has 0 aliphatic carbocycles. The van der Waals surface area contributed by atoms with Gasteiger partial charge in [-0.1, -0.05) is 30.7 Å². The van der Waals surface area contributed by atoms with Crippen LogP contribution in [0.2, 0.25) is 0 Å². The van der Waals surface area contributed by atoms with Crippen LogP contribution in [0.25, 0.3) is 0 Å². The summed E-state index contributed by atoms with van der Waals surface area (Å²) < 4.78 is 0. The van der Waals surface area contributed by atoms with Crippen molar-refractivity contribution < 1.29 is 0 Å². The summed E-state index contributed by atoms with van der Waals surface area (Å²) in [5.74, 6) is 0. The lowest BCUT2D eigenvalue weighted by Crippen LogP contribution is -2.22. The van der Waals surface area contributed by atoms with Gasteiger partial charge in [-0.05, 0) is 24.5 Å². The first-order chi connectivity index (χ1) is 6.19. The lowest BCUT2D eigenvalue weighted by molar-refractivity contribution is 0.726. The fraction of sp³-hybridized carbons (Fsp3) is 0.455. The molecule has 1 aromatic rings. The van der Waals surface area contributed by atoms with E-state index in [0.29, 0.717) is 6.54 Å². The van der Waals surface area contributed by atoms with E-state index in [4.69, 9.17) is 11.5 Å². The van der Waals surface area contributed by atoms with Crippen LogP contribution in [-0.2, 0) is 6.42 Å². The van der Waals surface area contributed by atoms with Crippen LogP contribution in [0.3, 0.4) is 0 Å². The van der Waals surface area contributed by atoms with Crippen LogP contribution in [-0.4, -0.2) is 6.54 Å². The van der Waals surface area contributed by atoms with Crippen LogP contribution in [0, 0.1) is 6.92 Å². The van der Waals surface area contributed by atoms with Crippen LogP contribution in [0.4, 0.5) is 0 Å². The Kier molecular flexibility index (Phi) is 3.46. The number of aryl methyl sites for hydroxylation is 2. The molecule has 0 aromatic heterocycles. The maximum atomic E-state index is 5.91. The number of nitrogens with two attached hydrogens (primary N) is 2. The highest BCUT2D eigenvalue weighted by atomic mass is 14.7. The van der Waals surface area contributed by atoms with Crippen LogP contribution in [0.5, 0.6) is 0 Å². The summed E-state index contributed by atoms with van der Waals surface area (Å²) in [6, 6.07) is 6.37. The van der Waals surface area contributed by atoms with Gasteiger partial charge in [-0.25, -0.2) is 0 Å². The molecule has 0 radical (unpaired) electrons. The van der Waals surface area contributed by atoms with E-state index in [9.17, 15) is 0 Å². The van der Waals surface area contributed by atoms with E-state index in [1.54, 1.807) is 0 Å². The van der Waals surface area contributed by atoms with Crippen molar-refractivity contribution in [3.8, 4) is 0 Å². The van der Waals surface area contributed by atoms with Crippen molar-refractivity contribution in [2.45, 2.75) is 26.3 Å². The van der Waals surface area contributed by atoms with E-state index < -0.39 is 0 Å². The molecule has 2 nitrogen and oxygen atoms in total. The third-order valence-electron chi connectivity index (χ3n) is 2.34. The SMILES string of the molecule is CCc1ccc(C)cc1[C@H](N)CN. The van der Waals surface area contributed by atoms with Gasteiger partial charge < -0.3 is 11.5 Å². The minimum Gasteiger partial charge on any atom is -0.329 e. The molecule has 0 bridgehead atoms. The monoisotopic (exact) mass is 178 g/mol. The molecule has 1 rings (SSSR count). The van der Waals surface area contributed by atoms with Crippen molar-refractivity contribution in [2.75, 3.05) is 6.54 Å².